The summed E-state index contributed by atoms with van der Waals surface area (Å²) in [5.41, 5.74) is 0. The first-order chi connectivity index (χ1) is 12.2. The van der Waals surface area contributed by atoms with E-state index in [0.717, 1.165) is 63.9 Å². The maximum atomic E-state index is 11.5. The van der Waals surface area contributed by atoms with E-state index in [-0.39, 0.29) is 11.7 Å². The average molecular weight is 347 g/mol. The van der Waals surface area contributed by atoms with E-state index in [1.807, 2.05) is 17.2 Å². The van der Waals surface area contributed by atoms with Crippen LogP contribution in [0.15, 0.2) is 12.3 Å². The summed E-state index contributed by atoms with van der Waals surface area (Å²) in [5.74, 6) is 1.46. The van der Waals surface area contributed by atoms with Gasteiger partial charge in [0.25, 0.3) is 0 Å². The number of carbonyl (C=O) groups excluding carboxylic acids is 1. The lowest BCUT2D eigenvalue weighted by Crippen LogP contribution is -2.48. The molecule has 8 heteroatoms. The molecule has 4 heterocycles. The van der Waals surface area contributed by atoms with E-state index in [4.69, 9.17) is 14.5 Å². The van der Waals surface area contributed by atoms with Crippen LogP contribution in [-0.2, 0) is 14.3 Å². The first-order valence-electron chi connectivity index (χ1n) is 9.02. The Bertz CT molecular complexity index is 616. The van der Waals surface area contributed by atoms with Gasteiger partial charge in [0.2, 0.25) is 11.9 Å². The Morgan fingerprint density at radius 2 is 1.72 bits per heavy atom. The van der Waals surface area contributed by atoms with Crippen molar-refractivity contribution in [2.75, 3.05) is 62.3 Å². The molecule has 1 spiro atoms. The fraction of sp³-hybridized carbons (Fsp3) is 0.706. The van der Waals surface area contributed by atoms with Gasteiger partial charge in [-0.3, -0.25) is 4.79 Å². The molecule has 0 atom stereocenters. The van der Waals surface area contributed by atoms with Gasteiger partial charge in [-0.2, -0.15) is 4.98 Å². The number of hydrogen-bond donors (Lipinski definition) is 0. The van der Waals surface area contributed by atoms with Crippen LogP contribution in [0.4, 0.5) is 11.8 Å². The zero-order valence-corrected chi connectivity index (χ0v) is 14.7. The van der Waals surface area contributed by atoms with Gasteiger partial charge in [-0.25, -0.2) is 4.98 Å². The second kappa shape index (κ2) is 6.76. The van der Waals surface area contributed by atoms with Crippen LogP contribution >= 0.6 is 0 Å². The van der Waals surface area contributed by atoms with Gasteiger partial charge in [-0.15, -0.1) is 0 Å². The summed E-state index contributed by atoms with van der Waals surface area (Å²) >= 11 is 0. The van der Waals surface area contributed by atoms with Crippen LogP contribution in [-0.4, -0.2) is 79.0 Å². The minimum absolute atomic E-state index is 0.140. The van der Waals surface area contributed by atoms with Gasteiger partial charge in [0, 0.05) is 65.2 Å². The number of nitrogens with zero attached hydrogens (tertiary/aromatic N) is 5. The molecule has 1 aromatic heterocycles. The quantitative estimate of drug-likeness (QED) is 0.771. The Hall–Kier alpha value is -1.93. The van der Waals surface area contributed by atoms with E-state index in [1.165, 1.54) is 0 Å². The average Bonchev–Trinajstić information content (AvgIpc) is 3.10. The van der Waals surface area contributed by atoms with Crippen molar-refractivity contribution in [1.82, 2.24) is 14.9 Å². The molecular formula is C17H25N5O3. The third-order valence-electron chi connectivity index (χ3n) is 5.30. The zero-order chi connectivity index (χ0) is 17.3. The first-order valence-corrected chi connectivity index (χ1v) is 9.02. The maximum absolute atomic E-state index is 11.5. The molecule has 3 aliphatic heterocycles. The molecule has 1 amide bonds. The summed E-state index contributed by atoms with van der Waals surface area (Å²) in [6, 6.07) is 1.95. The lowest BCUT2D eigenvalue weighted by molar-refractivity contribution is -0.169. The molecule has 0 saturated carbocycles. The molecule has 4 rings (SSSR count). The van der Waals surface area contributed by atoms with Gasteiger partial charge < -0.3 is 24.2 Å². The molecular weight excluding hydrogens is 322 g/mol. The number of carbonyl (C=O) groups is 1. The summed E-state index contributed by atoms with van der Waals surface area (Å²) in [7, 11) is 0. The highest BCUT2D eigenvalue weighted by molar-refractivity contribution is 5.73. The minimum atomic E-state index is -0.378. The Kier molecular flexibility index (Phi) is 4.47. The van der Waals surface area contributed by atoms with Crippen molar-refractivity contribution in [1.29, 1.82) is 0 Å². The van der Waals surface area contributed by atoms with Crippen LogP contribution < -0.4 is 9.80 Å². The second-order valence-corrected chi connectivity index (χ2v) is 6.80. The Morgan fingerprint density at radius 3 is 2.36 bits per heavy atom. The van der Waals surface area contributed by atoms with Crippen molar-refractivity contribution in [3.05, 3.63) is 12.3 Å². The highest BCUT2D eigenvalue weighted by atomic mass is 16.7. The second-order valence-electron chi connectivity index (χ2n) is 6.80. The third-order valence-corrected chi connectivity index (χ3v) is 5.30. The van der Waals surface area contributed by atoms with E-state index in [0.29, 0.717) is 13.2 Å². The number of aromatic nitrogens is 2. The largest absolute Gasteiger partial charge is 0.353 e. The first kappa shape index (κ1) is 16.5. The number of rotatable bonds is 2. The summed E-state index contributed by atoms with van der Waals surface area (Å²) < 4.78 is 11.6. The summed E-state index contributed by atoms with van der Waals surface area (Å²) in [6.45, 7) is 7.78. The minimum Gasteiger partial charge on any atom is -0.353 e. The zero-order valence-electron chi connectivity index (χ0n) is 14.7. The number of hydrogen-bond acceptors (Lipinski definition) is 7. The predicted octanol–water partition coefficient (Wildman–Crippen LogP) is 0.488. The van der Waals surface area contributed by atoms with Gasteiger partial charge in [0.05, 0.1) is 13.2 Å². The Labute approximate surface area is 147 Å². The molecule has 3 saturated heterocycles. The molecule has 0 N–H and O–H groups in total. The van der Waals surface area contributed by atoms with Crippen molar-refractivity contribution in [3.63, 3.8) is 0 Å². The van der Waals surface area contributed by atoms with Crippen molar-refractivity contribution in [2.45, 2.75) is 25.6 Å². The van der Waals surface area contributed by atoms with Crippen molar-refractivity contribution >= 4 is 17.7 Å². The smallest absolute Gasteiger partial charge is 0.227 e. The van der Waals surface area contributed by atoms with E-state index in [9.17, 15) is 4.79 Å². The Morgan fingerprint density at radius 1 is 1.04 bits per heavy atom. The van der Waals surface area contributed by atoms with E-state index in [1.54, 1.807) is 6.92 Å². The molecule has 0 unspecified atom stereocenters. The van der Waals surface area contributed by atoms with Crippen LogP contribution in [0.2, 0.25) is 0 Å². The van der Waals surface area contributed by atoms with Crippen molar-refractivity contribution in [2.24, 2.45) is 0 Å². The van der Waals surface area contributed by atoms with Crippen LogP contribution in [0.5, 0.6) is 0 Å². The van der Waals surface area contributed by atoms with Crippen LogP contribution in [0.25, 0.3) is 0 Å². The third kappa shape index (κ3) is 3.41. The fourth-order valence-corrected chi connectivity index (χ4v) is 3.75. The number of piperidine rings is 1. The molecule has 0 radical (unpaired) electrons. The lowest BCUT2D eigenvalue weighted by Gasteiger charge is -2.38. The summed E-state index contributed by atoms with van der Waals surface area (Å²) in [6.07, 6.45) is 3.51. The molecule has 3 aliphatic rings. The number of anilines is 2. The van der Waals surface area contributed by atoms with Gasteiger partial charge in [-0.05, 0) is 6.07 Å². The van der Waals surface area contributed by atoms with Crippen molar-refractivity contribution in [3.8, 4) is 0 Å². The highest BCUT2D eigenvalue weighted by Crippen LogP contribution is 2.32. The van der Waals surface area contributed by atoms with E-state index in [2.05, 4.69) is 14.8 Å². The number of ether oxygens (including phenoxy) is 2. The maximum Gasteiger partial charge on any atom is 0.227 e. The molecule has 1 aromatic rings. The summed E-state index contributed by atoms with van der Waals surface area (Å²) in [5, 5.41) is 0. The molecule has 136 valence electrons. The van der Waals surface area contributed by atoms with E-state index >= 15 is 0 Å². The van der Waals surface area contributed by atoms with E-state index < -0.39 is 0 Å². The van der Waals surface area contributed by atoms with Crippen LogP contribution in [0.1, 0.15) is 19.8 Å². The van der Waals surface area contributed by atoms with Gasteiger partial charge in [-0.1, -0.05) is 0 Å². The normalized spacial score (nSPS) is 23.3. The standard InChI is InChI=1S/C17H25N5O3/c1-14(23)20-8-10-21(11-9-20)15-2-5-18-16(19-15)22-6-3-17(4-7-22)24-12-13-25-17/h2,5H,3-4,6-13H2,1H3. The monoisotopic (exact) mass is 347 g/mol. The molecule has 25 heavy (non-hydrogen) atoms. The molecule has 0 aromatic carbocycles. The highest BCUT2D eigenvalue weighted by Gasteiger charge is 2.40. The fourth-order valence-electron chi connectivity index (χ4n) is 3.75. The predicted molar refractivity (Wildman–Crippen MR) is 92.6 cm³/mol. The lowest BCUT2D eigenvalue weighted by atomic mass is 10.0. The SMILES string of the molecule is CC(=O)N1CCN(c2ccnc(N3CCC4(CC3)OCCO4)n2)CC1. The molecule has 0 bridgehead atoms. The van der Waals surface area contributed by atoms with Crippen LogP contribution in [0.3, 0.4) is 0 Å². The van der Waals surface area contributed by atoms with Crippen molar-refractivity contribution < 1.29 is 14.3 Å². The van der Waals surface area contributed by atoms with Gasteiger partial charge >= 0.3 is 0 Å². The van der Waals surface area contributed by atoms with Gasteiger partial charge in [0.1, 0.15) is 5.82 Å². The van der Waals surface area contributed by atoms with Crippen LogP contribution in [0, 0.1) is 0 Å². The molecule has 8 nitrogen and oxygen atoms in total. The topological polar surface area (TPSA) is 71.0 Å². The molecule has 0 aliphatic carbocycles. The Balaban J connectivity index is 1.39. The number of piperazine rings is 1. The number of amides is 1. The summed E-state index contributed by atoms with van der Waals surface area (Å²) in [4.78, 5) is 27.0. The molecule has 3 fully saturated rings. The van der Waals surface area contributed by atoms with Gasteiger partial charge in [0.15, 0.2) is 5.79 Å².